The zero-order valence-electron chi connectivity index (χ0n) is 9.35. The molecule has 88 valence electrons. The van der Waals surface area contributed by atoms with Crippen molar-refractivity contribution in [1.82, 2.24) is 10.3 Å². The second-order valence-corrected chi connectivity index (χ2v) is 5.20. The smallest absolute Gasteiger partial charge is 0.250 e. The normalized spacial score (nSPS) is 17.4. The van der Waals surface area contributed by atoms with Crippen molar-refractivity contribution in [2.24, 2.45) is 5.84 Å². The number of carbonyl (C=O) groups is 1. The molecule has 1 aromatic heterocycles. The minimum atomic E-state index is -0.153. The van der Waals surface area contributed by atoms with Crippen LogP contribution in [0.5, 0.6) is 0 Å². The van der Waals surface area contributed by atoms with Gasteiger partial charge in [0.15, 0.2) is 0 Å². The lowest BCUT2D eigenvalue weighted by Gasteiger charge is -2.27. The van der Waals surface area contributed by atoms with Crippen molar-refractivity contribution in [1.29, 1.82) is 0 Å². The van der Waals surface area contributed by atoms with Gasteiger partial charge >= 0.3 is 0 Å². The first-order valence-corrected chi connectivity index (χ1v) is 6.39. The summed E-state index contributed by atoms with van der Waals surface area (Å²) in [6, 6.07) is 4.54. The molecule has 0 bridgehead atoms. The van der Waals surface area contributed by atoms with Gasteiger partial charge in [0.05, 0.1) is 6.04 Å². The summed E-state index contributed by atoms with van der Waals surface area (Å²) >= 11 is 1.73. The van der Waals surface area contributed by atoms with Crippen LogP contribution in [-0.4, -0.2) is 22.9 Å². The molecule has 1 aliphatic rings. The summed E-state index contributed by atoms with van der Waals surface area (Å²) < 4.78 is 0. The standard InChI is InChI=1S/C11H17N3OS/c1-8(11(15)13-12)14(9-4-5-9)7-10-3-2-6-16-10/h2-3,6,8-9H,4-5,7,12H2,1H3,(H,13,15). The van der Waals surface area contributed by atoms with Gasteiger partial charge in [-0.05, 0) is 31.2 Å². The summed E-state index contributed by atoms with van der Waals surface area (Å²) in [5, 5.41) is 2.06. The van der Waals surface area contributed by atoms with Crippen molar-refractivity contribution in [2.75, 3.05) is 0 Å². The Balaban J connectivity index is 2.02. The molecule has 1 unspecified atom stereocenters. The van der Waals surface area contributed by atoms with E-state index >= 15 is 0 Å². The fourth-order valence-corrected chi connectivity index (χ4v) is 2.55. The Morgan fingerprint density at radius 3 is 3.00 bits per heavy atom. The molecular formula is C11H17N3OS. The van der Waals surface area contributed by atoms with Crippen molar-refractivity contribution < 1.29 is 4.79 Å². The van der Waals surface area contributed by atoms with Crippen molar-refractivity contribution in [3.63, 3.8) is 0 Å². The lowest BCUT2D eigenvalue weighted by atomic mass is 10.2. The number of amides is 1. The van der Waals surface area contributed by atoms with E-state index in [9.17, 15) is 4.79 Å². The molecule has 2 rings (SSSR count). The second-order valence-electron chi connectivity index (χ2n) is 4.17. The average Bonchev–Trinajstić information content (AvgIpc) is 3.01. The Kier molecular flexibility index (Phi) is 3.58. The van der Waals surface area contributed by atoms with Gasteiger partial charge in [0, 0.05) is 17.5 Å². The van der Waals surface area contributed by atoms with Crippen LogP contribution in [-0.2, 0) is 11.3 Å². The van der Waals surface area contributed by atoms with Gasteiger partial charge in [-0.1, -0.05) is 6.07 Å². The van der Waals surface area contributed by atoms with Crippen molar-refractivity contribution >= 4 is 17.2 Å². The molecular weight excluding hydrogens is 222 g/mol. The number of hydrogen-bond donors (Lipinski definition) is 2. The van der Waals surface area contributed by atoms with Crippen molar-refractivity contribution in [2.45, 2.75) is 38.4 Å². The van der Waals surface area contributed by atoms with Crippen molar-refractivity contribution in [3.8, 4) is 0 Å². The van der Waals surface area contributed by atoms with E-state index in [-0.39, 0.29) is 11.9 Å². The highest BCUT2D eigenvalue weighted by Gasteiger charge is 2.34. The molecule has 1 amide bonds. The molecule has 0 aromatic carbocycles. The van der Waals surface area contributed by atoms with Gasteiger partial charge in [-0.2, -0.15) is 0 Å². The maximum atomic E-state index is 11.5. The van der Waals surface area contributed by atoms with Gasteiger partial charge in [-0.15, -0.1) is 11.3 Å². The molecule has 1 saturated carbocycles. The van der Waals surface area contributed by atoms with E-state index in [1.165, 1.54) is 17.7 Å². The minimum Gasteiger partial charge on any atom is -0.293 e. The van der Waals surface area contributed by atoms with Crippen LogP contribution in [0.4, 0.5) is 0 Å². The third-order valence-electron chi connectivity index (χ3n) is 2.95. The highest BCUT2D eigenvalue weighted by molar-refractivity contribution is 7.09. The molecule has 16 heavy (non-hydrogen) atoms. The van der Waals surface area contributed by atoms with Crippen molar-refractivity contribution in [3.05, 3.63) is 22.4 Å². The zero-order chi connectivity index (χ0) is 11.5. The molecule has 3 N–H and O–H groups in total. The van der Waals surface area contributed by atoms with Crippen LogP contribution >= 0.6 is 11.3 Å². The van der Waals surface area contributed by atoms with Gasteiger partial charge in [0.2, 0.25) is 0 Å². The predicted octanol–water partition coefficient (Wildman–Crippen LogP) is 1.09. The van der Waals surface area contributed by atoms with E-state index in [2.05, 4.69) is 21.8 Å². The lowest BCUT2D eigenvalue weighted by molar-refractivity contribution is -0.126. The number of rotatable bonds is 5. The Morgan fingerprint density at radius 1 is 1.75 bits per heavy atom. The molecule has 1 aliphatic carbocycles. The van der Waals surface area contributed by atoms with Crippen LogP contribution in [0.2, 0.25) is 0 Å². The fraction of sp³-hybridized carbons (Fsp3) is 0.545. The van der Waals surface area contributed by atoms with E-state index in [0.717, 1.165) is 6.54 Å². The number of hydrazine groups is 1. The molecule has 1 aromatic rings. The first-order chi connectivity index (χ1) is 7.72. The summed E-state index contributed by atoms with van der Waals surface area (Å²) in [5.74, 6) is 5.07. The van der Waals surface area contributed by atoms with E-state index in [4.69, 9.17) is 5.84 Å². The summed E-state index contributed by atoms with van der Waals surface area (Å²) in [7, 11) is 0. The highest BCUT2D eigenvalue weighted by atomic mass is 32.1. The number of carbonyl (C=O) groups excluding carboxylic acids is 1. The SMILES string of the molecule is CC(C(=O)NN)N(Cc1cccs1)C1CC1. The quantitative estimate of drug-likeness (QED) is 0.459. The van der Waals surface area contributed by atoms with E-state index < -0.39 is 0 Å². The van der Waals surface area contributed by atoms with Crippen LogP contribution in [0.3, 0.4) is 0 Å². The summed E-state index contributed by atoms with van der Waals surface area (Å²) in [5.41, 5.74) is 2.23. The first-order valence-electron chi connectivity index (χ1n) is 5.51. The van der Waals surface area contributed by atoms with Crippen LogP contribution < -0.4 is 11.3 Å². The third-order valence-corrected chi connectivity index (χ3v) is 3.81. The fourth-order valence-electron chi connectivity index (χ4n) is 1.84. The van der Waals surface area contributed by atoms with Gasteiger partial charge in [0.1, 0.15) is 0 Å². The van der Waals surface area contributed by atoms with E-state index in [1.54, 1.807) is 11.3 Å². The monoisotopic (exact) mass is 239 g/mol. The van der Waals surface area contributed by atoms with Gasteiger partial charge < -0.3 is 0 Å². The Morgan fingerprint density at radius 2 is 2.50 bits per heavy atom. The van der Waals surface area contributed by atoms with Crippen LogP contribution in [0.25, 0.3) is 0 Å². The molecule has 0 spiro atoms. The summed E-state index contributed by atoms with van der Waals surface area (Å²) in [6.45, 7) is 2.76. The molecule has 1 fully saturated rings. The van der Waals surface area contributed by atoms with E-state index in [1.807, 2.05) is 13.0 Å². The molecule has 4 nitrogen and oxygen atoms in total. The molecule has 0 radical (unpaired) electrons. The molecule has 1 atom stereocenters. The predicted molar refractivity (Wildman–Crippen MR) is 64.7 cm³/mol. The maximum absolute atomic E-state index is 11.5. The van der Waals surface area contributed by atoms with Crippen LogP contribution in [0.1, 0.15) is 24.6 Å². The summed E-state index contributed by atoms with van der Waals surface area (Å²) in [6.07, 6.45) is 2.38. The molecule has 5 heteroatoms. The summed E-state index contributed by atoms with van der Waals surface area (Å²) in [4.78, 5) is 15.1. The topological polar surface area (TPSA) is 58.4 Å². The van der Waals surface area contributed by atoms with Gasteiger partial charge in [-0.25, -0.2) is 5.84 Å². The third kappa shape index (κ3) is 2.61. The van der Waals surface area contributed by atoms with Crippen LogP contribution in [0.15, 0.2) is 17.5 Å². The number of nitrogens with one attached hydrogen (secondary N) is 1. The average molecular weight is 239 g/mol. The zero-order valence-corrected chi connectivity index (χ0v) is 10.2. The minimum absolute atomic E-state index is 0.108. The number of nitrogens with zero attached hydrogens (tertiary/aromatic N) is 1. The maximum Gasteiger partial charge on any atom is 0.250 e. The number of hydrogen-bond acceptors (Lipinski definition) is 4. The Hall–Kier alpha value is -0.910. The largest absolute Gasteiger partial charge is 0.293 e. The number of thiophene rings is 1. The van der Waals surface area contributed by atoms with Gasteiger partial charge in [-0.3, -0.25) is 15.1 Å². The molecule has 1 heterocycles. The van der Waals surface area contributed by atoms with E-state index in [0.29, 0.717) is 6.04 Å². The highest BCUT2D eigenvalue weighted by Crippen LogP contribution is 2.30. The lowest BCUT2D eigenvalue weighted by Crippen LogP contribution is -2.47. The Labute approximate surface area is 99.4 Å². The number of nitrogens with two attached hydrogens (primary N) is 1. The first kappa shape index (κ1) is 11.6. The van der Waals surface area contributed by atoms with Crippen LogP contribution in [0, 0.1) is 0 Å². The Bertz CT molecular complexity index is 348. The molecule has 0 saturated heterocycles. The molecule has 0 aliphatic heterocycles. The van der Waals surface area contributed by atoms with Gasteiger partial charge in [0.25, 0.3) is 5.91 Å². The second kappa shape index (κ2) is 4.95.